The summed E-state index contributed by atoms with van der Waals surface area (Å²) in [5.74, 6) is 0. The van der Waals surface area contributed by atoms with Crippen LogP contribution < -0.4 is 11.0 Å². The van der Waals surface area contributed by atoms with Gasteiger partial charge in [-0.25, -0.2) is 0 Å². The molecular weight excluding hydrogens is 360 g/mol. The van der Waals surface area contributed by atoms with E-state index in [1.807, 2.05) is 30.3 Å². The van der Waals surface area contributed by atoms with Gasteiger partial charge in [-0.05, 0) is 28.7 Å². The number of para-hydroxylation sites is 1. The van der Waals surface area contributed by atoms with Gasteiger partial charge < -0.3 is 0 Å². The van der Waals surface area contributed by atoms with E-state index in [9.17, 15) is 4.79 Å². The summed E-state index contributed by atoms with van der Waals surface area (Å²) in [7, 11) is 0. The van der Waals surface area contributed by atoms with Crippen molar-refractivity contribution in [1.29, 1.82) is 0 Å². The van der Waals surface area contributed by atoms with Crippen molar-refractivity contribution in [2.75, 3.05) is 5.43 Å². The number of hydrogen-bond donors (Lipinski definition) is 1. The third-order valence-corrected chi connectivity index (χ3v) is 4.46. The van der Waals surface area contributed by atoms with Crippen LogP contribution in [-0.4, -0.2) is 16.0 Å². The van der Waals surface area contributed by atoms with E-state index in [0.717, 1.165) is 5.56 Å². The van der Waals surface area contributed by atoms with Gasteiger partial charge in [-0.3, -0.25) is 10.2 Å². The average molecular weight is 381 g/mol. The second-order valence-electron chi connectivity index (χ2n) is 7.17. The summed E-state index contributed by atoms with van der Waals surface area (Å²) >= 11 is 6.19. The summed E-state index contributed by atoms with van der Waals surface area (Å²) in [5.41, 5.74) is 5.69. The molecular formula is C21H21ClN4O. The molecule has 0 bridgehead atoms. The van der Waals surface area contributed by atoms with Crippen molar-refractivity contribution in [2.24, 2.45) is 5.10 Å². The zero-order chi connectivity index (χ0) is 19.4. The fourth-order valence-electron chi connectivity index (χ4n) is 2.51. The van der Waals surface area contributed by atoms with Crippen LogP contribution in [0.3, 0.4) is 0 Å². The predicted molar refractivity (Wildman–Crippen MR) is 111 cm³/mol. The van der Waals surface area contributed by atoms with Crippen molar-refractivity contribution in [3.8, 4) is 5.69 Å². The molecule has 1 aromatic heterocycles. The van der Waals surface area contributed by atoms with Gasteiger partial charge in [0.15, 0.2) is 0 Å². The van der Waals surface area contributed by atoms with Crippen molar-refractivity contribution in [2.45, 2.75) is 26.2 Å². The number of rotatable bonds is 4. The first-order valence-electron chi connectivity index (χ1n) is 8.59. The standard InChI is InChI=1S/C21H21ClN4O/c1-21(2,3)16-11-9-15(10-12-16)13-23-25-18-14-24-26(20(27)19(18)22)17-7-5-4-6-8-17/h4-14,25H,1-3H3/b23-13-. The number of hydrazone groups is 1. The smallest absolute Gasteiger partial charge is 0.275 e. The van der Waals surface area contributed by atoms with Crippen LogP contribution in [0, 0.1) is 0 Å². The minimum Gasteiger partial charge on any atom is -0.275 e. The molecule has 27 heavy (non-hydrogen) atoms. The van der Waals surface area contributed by atoms with Gasteiger partial charge in [0.25, 0.3) is 5.56 Å². The lowest BCUT2D eigenvalue weighted by atomic mass is 9.87. The lowest BCUT2D eigenvalue weighted by Crippen LogP contribution is -2.22. The fourth-order valence-corrected chi connectivity index (χ4v) is 2.68. The monoisotopic (exact) mass is 380 g/mol. The summed E-state index contributed by atoms with van der Waals surface area (Å²) in [5, 5.41) is 8.35. The van der Waals surface area contributed by atoms with Gasteiger partial charge in [-0.2, -0.15) is 14.9 Å². The van der Waals surface area contributed by atoms with Crippen LogP contribution in [0.1, 0.15) is 31.9 Å². The number of anilines is 1. The van der Waals surface area contributed by atoms with Gasteiger partial charge in [0, 0.05) is 0 Å². The predicted octanol–water partition coefficient (Wildman–Crippen LogP) is 4.63. The maximum absolute atomic E-state index is 12.4. The van der Waals surface area contributed by atoms with Crippen LogP contribution in [0.4, 0.5) is 5.69 Å². The Balaban J connectivity index is 1.76. The van der Waals surface area contributed by atoms with E-state index in [-0.39, 0.29) is 10.4 Å². The van der Waals surface area contributed by atoms with Gasteiger partial charge in [0.1, 0.15) is 10.7 Å². The largest absolute Gasteiger partial charge is 0.292 e. The Hall–Kier alpha value is -2.92. The maximum Gasteiger partial charge on any atom is 0.292 e. The Morgan fingerprint density at radius 3 is 2.37 bits per heavy atom. The highest BCUT2D eigenvalue weighted by Gasteiger charge is 2.12. The Bertz CT molecular complexity index is 1000. The van der Waals surface area contributed by atoms with E-state index in [2.05, 4.69) is 48.5 Å². The van der Waals surface area contributed by atoms with Crippen LogP contribution in [0.5, 0.6) is 0 Å². The highest BCUT2D eigenvalue weighted by Crippen LogP contribution is 2.22. The van der Waals surface area contributed by atoms with E-state index in [1.165, 1.54) is 16.4 Å². The second-order valence-corrected chi connectivity index (χ2v) is 7.54. The van der Waals surface area contributed by atoms with Crippen LogP contribution in [0.2, 0.25) is 5.02 Å². The first-order chi connectivity index (χ1) is 12.9. The molecule has 0 aliphatic rings. The van der Waals surface area contributed by atoms with Crippen LogP contribution in [0.15, 0.2) is 70.7 Å². The lowest BCUT2D eigenvalue weighted by molar-refractivity contribution is 0.590. The van der Waals surface area contributed by atoms with E-state index >= 15 is 0 Å². The van der Waals surface area contributed by atoms with Crippen molar-refractivity contribution >= 4 is 23.5 Å². The fraction of sp³-hybridized carbons (Fsp3) is 0.190. The van der Waals surface area contributed by atoms with Crippen LogP contribution in [-0.2, 0) is 5.41 Å². The molecule has 6 heteroatoms. The zero-order valence-electron chi connectivity index (χ0n) is 15.5. The third-order valence-electron chi connectivity index (χ3n) is 4.10. The molecule has 3 aromatic rings. The first kappa shape index (κ1) is 18.9. The van der Waals surface area contributed by atoms with E-state index in [0.29, 0.717) is 11.4 Å². The highest BCUT2D eigenvalue weighted by molar-refractivity contribution is 6.32. The normalized spacial score (nSPS) is 11.7. The molecule has 0 aliphatic carbocycles. The molecule has 0 fully saturated rings. The minimum atomic E-state index is -0.405. The average Bonchev–Trinajstić information content (AvgIpc) is 2.66. The summed E-state index contributed by atoms with van der Waals surface area (Å²) in [6, 6.07) is 17.3. The number of nitrogens with zero attached hydrogens (tertiary/aromatic N) is 3. The molecule has 0 saturated carbocycles. The topological polar surface area (TPSA) is 59.3 Å². The van der Waals surface area contributed by atoms with Crippen molar-refractivity contribution < 1.29 is 0 Å². The molecule has 1 heterocycles. The van der Waals surface area contributed by atoms with E-state index in [1.54, 1.807) is 18.3 Å². The van der Waals surface area contributed by atoms with Crippen molar-refractivity contribution in [1.82, 2.24) is 9.78 Å². The highest BCUT2D eigenvalue weighted by atomic mass is 35.5. The number of halogens is 1. The molecule has 3 rings (SSSR count). The Morgan fingerprint density at radius 1 is 1.07 bits per heavy atom. The zero-order valence-corrected chi connectivity index (χ0v) is 16.2. The van der Waals surface area contributed by atoms with Gasteiger partial charge >= 0.3 is 0 Å². The summed E-state index contributed by atoms with van der Waals surface area (Å²) in [6.07, 6.45) is 3.16. The Labute approximate surface area is 163 Å². The molecule has 0 unspecified atom stereocenters. The van der Waals surface area contributed by atoms with E-state index < -0.39 is 5.56 Å². The molecule has 1 N–H and O–H groups in total. The molecule has 0 spiro atoms. The quantitative estimate of drug-likeness (QED) is 0.530. The molecule has 0 atom stereocenters. The lowest BCUT2D eigenvalue weighted by Gasteiger charge is -2.18. The Morgan fingerprint density at radius 2 is 1.74 bits per heavy atom. The first-order valence-corrected chi connectivity index (χ1v) is 8.97. The Kier molecular flexibility index (Phi) is 5.42. The SMILES string of the molecule is CC(C)(C)c1ccc(/C=N\Nc2cnn(-c3ccccc3)c(=O)c2Cl)cc1. The molecule has 2 aromatic carbocycles. The number of hydrogen-bond acceptors (Lipinski definition) is 4. The molecule has 138 valence electrons. The molecule has 0 radical (unpaired) electrons. The number of aromatic nitrogens is 2. The maximum atomic E-state index is 12.4. The number of benzene rings is 2. The molecule has 5 nitrogen and oxygen atoms in total. The van der Waals surface area contributed by atoms with Gasteiger partial charge in [-0.15, -0.1) is 0 Å². The van der Waals surface area contributed by atoms with Gasteiger partial charge in [0.2, 0.25) is 0 Å². The third kappa shape index (κ3) is 4.44. The van der Waals surface area contributed by atoms with Crippen LogP contribution >= 0.6 is 11.6 Å². The number of nitrogens with one attached hydrogen (secondary N) is 1. The molecule has 0 amide bonds. The molecule has 0 aliphatic heterocycles. The summed E-state index contributed by atoms with van der Waals surface area (Å²) < 4.78 is 1.25. The van der Waals surface area contributed by atoms with E-state index in [4.69, 9.17) is 11.6 Å². The summed E-state index contributed by atoms with van der Waals surface area (Å²) in [6.45, 7) is 6.51. The second kappa shape index (κ2) is 7.76. The van der Waals surface area contributed by atoms with Crippen molar-refractivity contribution in [3.05, 3.63) is 87.3 Å². The summed E-state index contributed by atoms with van der Waals surface area (Å²) in [4.78, 5) is 12.4. The molecule has 0 saturated heterocycles. The van der Waals surface area contributed by atoms with Gasteiger partial charge in [-0.1, -0.05) is 74.8 Å². The van der Waals surface area contributed by atoms with Crippen molar-refractivity contribution in [3.63, 3.8) is 0 Å². The van der Waals surface area contributed by atoms with Gasteiger partial charge in [0.05, 0.1) is 18.1 Å². The van der Waals surface area contributed by atoms with Crippen LogP contribution in [0.25, 0.3) is 5.69 Å². The minimum absolute atomic E-state index is 0.0362.